The van der Waals surface area contributed by atoms with Crippen molar-refractivity contribution in [2.75, 3.05) is 6.61 Å². The highest BCUT2D eigenvalue weighted by atomic mass is 16.5. The molecule has 0 aliphatic heterocycles. The highest BCUT2D eigenvalue weighted by Gasteiger charge is 2.16. The maximum atomic E-state index is 11.3. The summed E-state index contributed by atoms with van der Waals surface area (Å²) in [5.41, 5.74) is -0.121. The van der Waals surface area contributed by atoms with Gasteiger partial charge >= 0.3 is 5.97 Å². The van der Waals surface area contributed by atoms with Gasteiger partial charge in [0.1, 0.15) is 17.1 Å². The molecule has 0 saturated carbocycles. The number of carbonyl (C=O) groups is 1. The fraction of sp³-hybridized carbons (Fsp3) is 0.476. The van der Waals surface area contributed by atoms with Gasteiger partial charge in [0.2, 0.25) is 0 Å². The van der Waals surface area contributed by atoms with Crippen molar-refractivity contribution in [1.82, 2.24) is 0 Å². The smallest absolute Gasteiger partial charge is 0.339 e. The Bertz CT molecular complexity index is 694. The second-order valence-corrected chi connectivity index (χ2v) is 6.44. The lowest BCUT2D eigenvalue weighted by Crippen LogP contribution is -2.02. The van der Waals surface area contributed by atoms with E-state index < -0.39 is 5.97 Å². The first-order valence-corrected chi connectivity index (χ1v) is 9.26. The molecule has 0 aromatic heterocycles. The fourth-order valence-corrected chi connectivity index (χ4v) is 3.03. The summed E-state index contributed by atoms with van der Waals surface area (Å²) in [7, 11) is 0. The van der Waals surface area contributed by atoms with Crippen molar-refractivity contribution in [3.05, 3.63) is 35.9 Å². The number of benzene rings is 2. The number of hydrogen-bond donors (Lipinski definition) is 2. The monoisotopic (exact) mass is 344 g/mol. The van der Waals surface area contributed by atoms with Crippen LogP contribution in [-0.2, 0) is 0 Å². The van der Waals surface area contributed by atoms with Gasteiger partial charge in [0.25, 0.3) is 0 Å². The Balaban J connectivity index is 1.90. The van der Waals surface area contributed by atoms with E-state index in [4.69, 9.17) is 4.74 Å². The number of fused-ring (bicyclic) bond motifs is 1. The average molecular weight is 344 g/mol. The number of hydrogen-bond acceptors (Lipinski definition) is 3. The van der Waals surface area contributed by atoms with Crippen LogP contribution in [-0.4, -0.2) is 22.8 Å². The molecule has 0 heterocycles. The molecular weight excluding hydrogens is 316 g/mol. The molecule has 0 bridgehead atoms. The van der Waals surface area contributed by atoms with E-state index in [0.717, 1.165) is 18.2 Å². The summed E-state index contributed by atoms with van der Waals surface area (Å²) in [5.74, 6) is -0.837. The Kier molecular flexibility index (Phi) is 7.58. The van der Waals surface area contributed by atoms with Crippen molar-refractivity contribution in [1.29, 1.82) is 0 Å². The Labute approximate surface area is 149 Å². The number of phenols is 1. The number of unbranched alkanes of at least 4 members (excludes halogenated alkanes) is 7. The van der Waals surface area contributed by atoms with E-state index in [-0.39, 0.29) is 11.3 Å². The highest BCUT2D eigenvalue weighted by molar-refractivity contribution is 6.03. The minimum Gasteiger partial charge on any atom is -0.506 e. The molecule has 2 N–H and O–H groups in total. The maximum Gasteiger partial charge on any atom is 0.339 e. The topological polar surface area (TPSA) is 66.8 Å². The van der Waals surface area contributed by atoms with Crippen LogP contribution in [0.3, 0.4) is 0 Å². The summed E-state index contributed by atoms with van der Waals surface area (Å²) in [6.45, 7) is 2.78. The molecule has 4 heteroatoms. The van der Waals surface area contributed by atoms with Crippen molar-refractivity contribution in [2.45, 2.75) is 58.3 Å². The Morgan fingerprint density at radius 1 is 0.960 bits per heavy atom. The molecule has 2 aromatic rings. The fourth-order valence-electron chi connectivity index (χ4n) is 3.03. The molecule has 0 atom stereocenters. The molecule has 0 radical (unpaired) electrons. The van der Waals surface area contributed by atoms with Gasteiger partial charge < -0.3 is 14.9 Å². The number of carboxylic acids is 1. The van der Waals surface area contributed by atoms with Crippen molar-refractivity contribution < 1.29 is 19.7 Å². The molecule has 0 aliphatic carbocycles. The van der Waals surface area contributed by atoms with Crippen molar-refractivity contribution in [3.8, 4) is 11.5 Å². The van der Waals surface area contributed by atoms with Crippen molar-refractivity contribution in [2.24, 2.45) is 0 Å². The quantitative estimate of drug-likeness (QED) is 0.508. The summed E-state index contributed by atoms with van der Waals surface area (Å²) in [6, 6.07) is 8.59. The minimum atomic E-state index is -1.15. The van der Waals surface area contributed by atoms with Gasteiger partial charge in [-0.15, -0.1) is 0 Å². The standard InChI is InChI=1S/C21H28O4/c1-2-3-4-5-6-7-8-11-14-25-19-15-18(21(23)24)20(22)17-13-10-9-12-16(17)19/h9-10,12-13,15,22H,2-8,11,14H2,1H3,(H,23,24). The Hall–Kier alpha value is -2.23. The van der Waals surface area contributed by atoms with E-state index in [1.165, 1.54) is 44.6 Å². The predicted octanol–water partition coefficient (Wildman–Crippen LogP) is 5.76. The number of aromatic hydroxyl groups is 1. The number of rotatable bonds is 11. The second-order valence-electron chi connectivity index (χ2n) is 6.44. The van der Waals surface area contributed by atoms with E-state index in [9.17, 15) is 15.0 Å². The van der Waals surface area contributed by atoms with E-state index in [1.54, 1.807) is 12.1 Å². The third-order valence-corrected chi connectivity index (χ3v) is 4.46. The van der Waals surface area contributed by atoms with Crippen LogP contribution in [0, 0.1) is 0 Å². The van der Waals surface area contributed by atoms with E-state index in [2.05, 4.69) is 6.92 Å². The van der Waals surface area contributed by atoms with E-state index >= 15 is 0 Å². The van der Waals surface area contributed by atoms with Crippen LogP contribution >= 0.6 is 0 Å². The van der Waals surface area contributed by atoms with Gasteiger partial charge in [-0.2, -0.15) is 0 Å². The molecule has 2 aromatic carbocycles. The highest BCUT2D eigenvalue weighted by Crippen LogP contribution is 2.36. The van der Waals surface area contributed by atoms with Gasteiger partial charge in [0, 0.05) is 10.8 Å². The molecule has 0 spiro atoms. The zero-order valence-electron chi connectivity index (χ0n) is 15.0. The first-order chi connectivity index (χ1) is 12.1. The van der Waals surface area contributed by atoms with Crippen LogP contribution in [0.15, 0.2) is 30.3 Å². The third-order valence-electron chi connectivity index (χ3n) is 4.46. The maximum absolute atomic E-state index is 11.3. The molecular formula is C21H28O4. The Morgan fingerprint density at radius 3 is 2.20 bits per heavy atom. The number of aromatic carboxylic acids is 1. The molecule has 2 rings (SSSR count). The normalized spacial score (nSPS) is 10.9. The zero-order chi connectivity index (χ0) is 18.1. The largest absolute Gasteiger partial charge is 0.506 e. The van der Waals surface area contributed by atoms with E-state index in [0.29, 0.717) is 17.7 Å². The molecule has 0 saturated heterocycles. The lowest BCUT2D eigenvalue weighted by molar-refractivity contribution is 0.0693. The van der Waals surface area contributed by atoms with Crippen LogP contribution < -0.4 is 4.74 Å². The molecule has 0 aliphatic rings. The van der Waals surface area contributed by atoms with Gasteiger partial charge in [-0.05, 0) is 12.5 Å². The van der Waals surface area contributed by atoms with Gasteiger partial charge in [-0.25, -0.2) is 4.79 Å². The van der Waals surface area contributed by atoms with E-state index in [1.807, 2.05) is 12.1 Å². The molecule has 4 nitrogen and oxygen atoms in total. The van der Waals surface area contributed by atoms with Crippen LogP contribution in [0.4, 0.5) is 0 Å². The van der Waals surface area contributed by atoms with Gasteiger partial charge in [0.05, 0.1) is 6.61 Å². The van der Waals surface area contributed by atoms with Crippen LogP contribution in [0.25, 0.3) is 10.8 Å². The van der Waals surface area contributed by atoms with Gasteiger partial charge in [-0.1, -0.05) is 76.1 Å². The summed E-state index contributed by atoms with van der Waals surface area (Å²) < 4.78 is 5.84. The first kappa shape index (κ1) is 19.1. The van der Waals surface area contributed by atoms with Crippen molar-refractivity contribution in [3.63, 3.8) is 0 Å². The predicted molar refractivity (Wildman–Crippen MR) is 101 cm³/mol. The summed E-state index contributed by atoms with van der Waals surface area (Å²) >= 11 is 0. The SMILES string of the molecule is CCCCCCCCCCOc1cc(C(=O)O)c(O)c2ccccc12. The van der Waals surface area contributed by atoms with Gasteiger partial charge in [-0.3, -0.25) is 0 Å². The number of carboxylic acid groups (broad SMARTS) is 1. The van der Waals surface area contributed by atoms with Crippen LogP contribution in [0.2, 0.25) is 0 Å². The molecule has 0 unspecified atom stereocenters. The van der Waals surface area contributed by atoms with Crippen LogP contribution in [0.1, 0.15) is 68.6 Å². The summed E-state index contributed by atoms with van der Waals surface area (Å²) in [4.78, 5) is 11.3. The minimum absolute atomic E-state index is 0.121. The summed E-state index contributed by atoms with van der Waals surface area (Å²) in [5, 5.41) is 20.7. The van der Waals surface area contributed by atoms with Gasteiger partial charge in [0.15, 0.2) is 0 Å². The molecule has 0 amide bonds. The first-order valence-electron chi connectivity index (χ1n) is 9.26. The lowest BCUT2D eigenvalue weighted by atomic mass is 10.0. The Morgan fingerprint density at radius 2 is 1.56 bits per heavy atom. The van der Waals surface area contributed by atoms with Crippen molar-refractivity contribution >= 4 is 16.7 Å². The number of ether oxygens (including phenoxy) is 1. The molecule has 25 heavy (non-hydrogen) atoms. The zero-order valence-corrected chi connectivity index (χ0v) is 15.0. The third kappa shape index (κ3) is 5.38. The lowest BCUT2D eigenvalue weighted by Gasteiger charge is -2.12. The van der Waals surface area contributed by atoms with Crippen LogP contribution in [0.5, 0.6) is 11.5 Å². The summed E-state index contributed by atoms with van der Waals surface area (Å²) in [6.07, 6.45) is 9.77. The average Bonchev–Trinajstić information content (AvgIpc) is 2.62. The second kappa shape index (κ2) is 9.92. The molecule has 136 valence electrons. The molecule has 0 fully saturated rings.